The van der Waals surface area contributed by atoms with Crippen molar-refractivity contribution in [2.45, 2.75) is 50.6 Å². The number of aliphatic hydroxyl groups is 1. The number of nitrogens with zero attached hydrogens (tertiary/aromatic N) is 1. The smallest absolute Gasteiger partial charge is 0.0431 e. The molecule has 2 rings (SSSR count). The predicted octanol–water partition coefficient (Wildman–Crippen LogP) is 1.63. The molecule has 0 aromatic heterocycles. The maximum atomic E-state index is 8.80. The minimum Gasteiger partial charge on any atom is -0.396 e. The fourth-order valence-corrected chi connectivity index (χ4v) is 3.26. The van der Waals surface area contributed by atoms with Crippen LogP contribution in [0.2, 0.25) is 0 Å². The number of hydrogen-bond donors (Lipinski definition) is 1. The van der Waals surface area contributed by atoms with Crippen LogP contribution in [0.25, 0.3) is 0 Å². The van der Waals surface area contributed by atoms with Crippen LogP contribution in [-0.4, -0.2) is 35.7 Å². The van der Waals surface area contributed by atoms with E-state index in [0.29, 0.717) is 6.61 Å². The summed E-state index contributed by atoms with van der Waals surface area (Å²) in [5.74, 6) is 0.980. The molecule has 1 heterocycles. The SMILES string of the molecule is CN1C(CCCO)CC2CCCC21. The van der Waals surface area contributed by atoms with Crippen LogP contribution < -0.4 is 0 Å². The Morgan fingerprint density at radius 3 is 2.92 bits per heavy atom. The Balaban J connectivity index is 1.87. The second-order valence-electron chi connectivity index (χ2n) is 4.68. The van der Waals surface area contributed by atoms with E-state index < -0.39 is 0 Å². The van der Waals surface area contributed by atoms with Gasteiger partial charge in [-0.2, -0.15) is 0 Å². The summed E-state index contributed by atoms with van der Waals surface area (Å²) in [6, 6.07) is 1.64. The van der Waals surface area contributed by atoms with Gasteiger partial charge < -0.3 is 10.0 Å². The standard InChI is InChI=1S/C11H21NO/c1-12-10(5-3-7-13)8-9-4-2-6-11(9)12/h9-11,13H,2-8H2,1H3. The molecule has 76 valence electrons. The van der Waals surface area contributed by atoms with Gasteiger partial charge in [-0.3, -0.25) is 0 Å². The van der Waals surface area contributed by atoms with Crippen LogP contribution in [-0.2, 0) is 0 Å². The summed E-state index contributed by atoms with van der Waals surface area (Å²) in [6.45, 7) is 0.361. The molecule has 1 aliphatic carbocycles. The third-order valence-corrected chi connectivity index (χ3v) is 3.99. The van der Waals surface area contributed by atoms with Gasteiger partial charge in [0.2, 0.25) is 0 Å². The summed E-state index contributed by atoms with van der Waals surface area (Å²) >= 11 is 0. The Morgan fingerprint density at radius 1 is 1.38 bits per heavy atom. The van der Waals surface area contributed by atoms with Gasteiger partial charge in [0.25, 0.3) is 0 Å². The van der Waals surface area contributed by atoms with E-state index >= 15 is 0 Å². The molecule has 0 amide bonds. The van der Waals surface area contributed by atoms with Crippen molar-refractivity contribution < 1.29 is 5.11 Å². The lowest BCUT2D eigenvalue weighted by atomic mass is 10.00. The molecular formula is C11H21NO. The lowest BCUT2D eigenvalue weighted by Gasteiger charge is -2.24. The first-order chi connectivity index (χ1) is 6.33. The first kappa shape index (κ1) is 9.47. The zero-order chi connectivity index (χ0) is 9.26. The third kappa shape index (κ3) is 1.75. The van der Waals surface area contributed by atoms with Crippen LogP contribution >= 0.6 is 0 Å². The molecular weight excluding hydrogens is 162 g/mol. The molecule has 0 radical (unpaired) electrons. The number of hydrogen-bond acceptors (Lipinski definition) is 2. The summed E-state index contributed by atoms with van der Waals surface area (Å²) in [7, 11) is 2.28. The summed E-state index contributed by atoms with van der Waals surface area (Å²) in [5.41, 5.74) is 0. The average Bonchev–Trinajstić information content (AvgIpc) is 2.67. The van der Waals surface area contributed by atoms with Crippen molar-refractivity contribution in [1.29, 1.82) is 0 Å². The topological polar surface area (TPSA) is 23.5 Å². The van der Waals surface area contributed by atoms with Crippen molar-refractivity contribution in [2.75, 3.05) is 13.7 Å². The van der Waals surface area contributed by atoms with Crippen LogP contribution in [0.1, 0.15) is 38.5 Å². The second kappa shape index (κ2) is 3.97. The predicted molar refractivity (Wildman–Crippen MR) is 53.6 cm³/mol. The minimum absolute atomic E-state index is 0.361. The monoisotopic (exact) mass is 183 g/mol. The van der Waals surface area contributed by atoms with E-state index in [4.69, 9.17) is 5.11 Å². The second-order valence-corrected chi connectivity index (χ2v) is 4.68. The highest BCUT2D eigenvalue weighted by Crippen LogP contribution is 2.41. The van der Waals surface area contributed by atoms with Gasteiger partial charge in [-0.15, -0.1) is 0 Å². The van der Waals surface area contributed by atoms with E-state index in [0.717, 1.165) is 24.4 Å². The molecule has 3 unspecified atom stereocenters. The highest BCUT2D eigenvalue weighted by molar-refractivity contribution is 4.95. The molecule has 0 bridgehead atoms. The third-order valence-electron chi connectivity index (χ3n) is 3.99. The molecule has 1 saturated heterocycles. The maximum Gasteiger partial charge on any atom is 0.0431 e. The first-order valence-electron chi connectivity index (χ1n) is 5.65. The van der Waals surface area contributed by atoms with Gasteiger partial charge in [-0.05, 0) is 45.1 Å². The number of rotatable bonds is 3. The first-order valence-corrected chi connectivity index (χ1v) is 5.65. The van der Waals surface area contributed by atoms with Gasteiger partial charge in [0.15, 0.2) is 0 Å². The number of likely N-dealkylation sites (tertiary alicyclic amines) is 1. The van der Waals surface area contributed by atoms with Gasteiger partial charge in [-0.1, -0.05) is 6.42 Å². The van der Waals surface area contributed by atoms with Gasteiger partial charge in [0, 0.05) is 18.7 Å². The molecule has 0 spiro atoms. The van der Waals surface area contributed by atoms with Crippen molar-refractivity contribution in [3.8, 4) is 0 Å². The fraction of sp³-hybridized carbons (Fsp3) is 1.00. The Hall–Kier alpha value is -0.0800. The molecule has 2 nitrogen and oxygen atoms in total. The zero-order valence-corrected chi connectivity index (χ0v) is 8.58. The Morgan fingerprint density at radius 2 is 2.23 bits per heavy atom. The normalized spacial score (nSPS) is 39.7. The van der Waals surface area contributed by atoms with E-state index in [9.17, 15) is 0 Å². The Bertz CT molecular complexity index is 171. The van der Waals surface area contributed by atoms with Crippen LogP contribution in [0, 0.1) is 5.92 Å². The highest BCUT2D eigenvalue weighted by atomic mass is 16.2. The molecule has 13 heavy (non-hydrogen) atoms. The van der Waals surface area contributed by atoms with Crippen LogP contribution in [0.5, 0.6) is 0 Å². The lowest BCUT2D eigenvalue weighted by molar-refractivity contribution is 0.205. The summed E-state index contributed by atoms with van der Waals surface area (Å²) in [6.07, 6.45) is 7.86. The molecule has 2 heteroatoms. The van der Waals surface area contributed by atoms with Crippen molar-refractivity contribution in [2.24, 2.45) is 5.92 Å². The molecule has 0 aromatic carbocycles. The number of aliphatic hydroxyl groups excluding tert-OH is 1. The van der Waals surface area contributed by atoms with Crippen molar-refractivity contribution in [3.05, 3.63) is 0 Å². The summed E-state index contributed by atoms with van der Waals surface area (Å²) < 4.78 is 0. The minimum atomic E-state index is 0.361. The van der Waals surface area contributed by atoms with E-state index in [1.54, 1.807) is 0 Å². The maximum absolute atomic E-state index is 8.80. The summed E-state index contributed by atoms with van der Waals surface area (Å²) in [4.78, 5) is 2.58. The fourth-order valence-electron chi connectivity index (χ4n) is 3.26. The molecule has 1 N–H and O–H groups in total. The van der Waals surface area contributed by atoms with Gasteiger partial charge in [-0.25, -0.2) is 0 Å². The Kier molecular flexibility index (Phi) is 2.89. The van der Waals surface area contributed by atoms with Gasteiger partial charge in [0.1, 0.15) is 0 Å². The Labute approximate surface area is 80.9 Å². The van der Waals surface area contributed by atoms with E-state index in [2.05, 4.69) is 11.9 Å². The van der Waals surface area contributed by atoms with Crippen LogP contribution in [0.4, 0.5) is 0 Å². The molecule has 2 fully saturated rings. The lowest BCUT2D eigenvalue weighted by Crippen LogP contribution is -2.32. The molecule has 1 saturated carbocycles. The van der Waals surface area contributed by atoms with Crippen molar-refractivity contribution in [3.63, 3.8) is 0 Å². The molecule has 3 atom stereocenters. The molecule has 2 aliphatic rings. The summed E-state index contributed by atoms with van der Waals surface area (Å²) in [5, 5.41) is 8.80. The van der Waals surface area contributed by atoms with Gasteiger partial charge in [0.05, 0.1) is 0 Å². The number of fused-ring (bicyclic) bond motifs is 1. The zero-order valence-electron chi connectivity index (χ0n) is 8.58. The quantitative estimate of drug-likeness (QED) is 0.719. The molecule has 0 aromatic rings. The van der Waals surface area contributed by atoms with Crippen LogP contribution in [0.15, 0.2) is 0 Å². The van der Waals surface area contributed by atoms with Crippen LogP contribution in [0.3, 0.4) is 0 Å². The van der Waals surface area contributed by atoms with Gasteiger partial charge >= 0.3 is 0 Å². The van der Waals surface area contributed by atoms with E-state index in [1.165, 1.54) is 32.1 Å². The van der Waals surface area contributed by atoms with Crippen molar-refractivity contribution in [1.82, 2.24) is 4.90 Å². The van der Waals surface area contributed by atoms with Crippen molar-refractivity contribution >= 4 is 0 Å². The highest BCUT2D eigenvalue weighted by Gasteiger charge is 2.40. The average molecular weight is 183 g/mol. The van der Waals surface area contributed by atoms with E-state index in [1.807, 2.05) is 0 Å². The largest absolute Gasteiger partial charge is 0.396 e. The molecule has 1 aliphatic heterocycles. The van der Waals surface area contributed by atoms with E-state index in [-0.39, 0.29) is 0 Å².